The van der Waals surface area contributed by atoms with Gasteiger partial charge in [-0.05, 0) is 55.5 Å². The molecule has 0 bridgehead atoms. The highest BCUT2D eigenvalue weighted by molar-refractivity contribution is 5.47. The predicted molar refractivity (Wildman–Crippen MR) is 74.8 cm³/mol. The van der Waals surface area contributed by atoms with Crippen LogP contribution in [0.5, 0.6) is 0 Å². The van der Waals surface area contributed by atoms with Crippen molar-refractivity contribution in [3.05, 3.63) is 29.8 Å². The van der Waals surface area contributed by atoms with Crippen LogP contribution in [0, 0.1) is 0 Å². The van der Waals surface area contributed by atoms with Gasteiger partial charge in [0.2, 0.25) is 0 Å². The number of nitrogens with one attached hydrogen (secondary N) is 1. The van der Waals surface area contributed by atoms with E-state index in [4.69, 9.17) is 0 Å². The maximum Gasteiger partial charge on any atom is 0.0361 e. The Balaban J connectivity index is 2.24. The number of hydrogen-bond donors (Lipinski definition) is 1. The number of anilines is 1. The quantitative estimate of drug-likeness (QED) is 0.862. The van der Waals surface area contributed by atoms with E-state index >= 15 is 0 Å². The minimum atomic E-state index is 0.413. The second-order valence-corrected chi connectivity index (χ2v) is 5.33. The molecule has 1 N–H and O–H groups in total. The lowest BCUT2D eigenvalue weighted by atomic mass is 9.71. The molecular weight excluding hydrogens is 208 g/mol. The summed E-state index contributed by atoms with van der Waals surface area (Å²) in [6.45, 7) is 4.64. The molecule has 1 aliphatic heterocycles. The van der Waals surface area contributed by atoms with E-state index in [1.54, 1.807) is 0 Å². The average molecular weight is 232 g/mol. The van der Waals surface area contributed by atoms with Crippen molar-refractivity contribution >= 4 is 5.69 Å². The highest BCUT2D eigenvalue weighted by Gasteiger charge is 2.31. The summed E-state index contributed by atoms with van der Waals surface area (Å²) in [4.78, 5) is 2.16. The standard InChI is InChI=1S/C15H24N2/c1-4-15(9-11-16-12-10-15)13-5-7-14(8-6-13)17(2)3/h5-8,16H,4,9-12H2,1-3H3. The highest BCUT2D eigenvalue weighted by Crippen LogP contribution is 2.37. The van der Waals surface area contributed by atoms with Gasteiger partial charge in [0, 0.05) is 19.8 Å². The number of nitrogens with zero attached hydrogens (tertiary/aromatic N) is 1. The zero-order valence-electron chi connectivity index (χ0n) is 11.3. The van der Waals surface area contributed by atoms with E-state index in [1.165, 1.54) is 30.5 Å². The number of benzene rings is 1. The van der Waals surface area contributed by atoms with Gasteiger partial charge in [0.1, 0.15) is 0 Å². The molecule has 0 amide bonds. The predicted octanol–water partition coefficient (Wildman–Crippen LogP) is 2.78. The maximum atomic E-state index is 3.46. The van der Waals surface area contributed by atoms with Crippen LogP contribution in [0.25, 0.3) is 0 Å². The van der Waals surface area contributed by atoms with E-state index in [0.29, 0.717) is 5.41 Å². The highest BCUT2D eigenvalue weighted by atomic mass is 15.1. The lowest BCUT2D eigenvalue weighted by Crippen LogP contribution is -2.39. The minimum Gasteiger partial charge on any atom is -0.378 e. The summed E-state index contributed by atoms with van der Waals surface area (Å²) in [5.41, 5.74) is 3.22. The molecule has 1 aliphatic rings. The molecule has 2 rings (SSSR count). The monoisotopic (exact) mass is 232 g/mol. The molecule has 94 valence electrons. The zero-order valence-corrected chi connectivity index (χ0v) is 11.3. The van der Waals surface area contributed by atoms with Crippen molar-refractivity contribution in [1.82, 2.24) is 5.32 Å². The Bertz CT molecular complexity index is 348. The minimum absolute atomic E-state index is 0.413. The van der Waals surface area contributed by atoms with Crippen molar-refractivity contribution in [3.8, 4) is 0 Å². The number of rotatable bonds is 3. The van der Waals surface area contributed by atoms with Crippen LogP contribution in [0.2, 0.25) is 0 Å². The van der Waals surface area contributed by atoms with Gasteiger partial charge < -0.3 is 10.2 Å². The molecule has 1 fully saturated rings. The molecule has 0 spiro atoms. The van der Waals surface area contributed by atoms with Crippen molar-refractivity contribution in [3.63, 3.8) is 0 Å². The van der Waals surface area contributed by atoms with Crippen molar-refractivity contribution in [1.29, 1.82) is 0 Å². The Hall–Kier alpha value is -1.02. The van der Waals surface area contributed by atoms with E-state index in [2.05, 4.69) is 55.5 Å². The fraction of sp³-hybridized carbons (Fsp3) is 0.600. The molecule has 1 saturated heterocycles. The largest absolute Gasteiger partial charge is 0.378 e. The topological polar surface area (TPSA) is 15.3 Å². The van der Waals surface area contributed by atoms with Gasteiger partial charge in [0.15, 0.2) is 0 Å². The molecule has 0 saturated carbocycles. The SMILES string of the molecule is CCC1(c2ccc(N(C)C)cc2)CCNCC1. The van der Waals surface area contributed by atoms with E-state index in [9.17, 15) is 0 Å². The van der Waals surface area contributed by atoms with Crippen molar-refractivity contribution in [2.45, 2.75) is 31.6 Å². The molecule has 2 heteroatoms. The van der Waals surface area contributed by atoms with Gasteiger partial charge in [-0.1, -0.05) is 19.1 Å². The second kappa shape index (κ2) is 5.09. The van der Waals surface area contributed by atoms with Crippen molar-refractivity contribution in [2.75, 3.05) is 32.1 Å². The van der Waals surface area contributed by atoms with Crippen molar-refractivity contribution < 1.29 is 0 Å². The first-order valence-corrected chi connectivity index (χ1v) is 6.66. The van der Waals surface area contributed by atoms with Gasteiger partial charge in [-0.2, -0.15) is 0 Å². The molecule has 2 nitrogen and oxygen atoms in total. The first kappa shape index (κ1) is 12.4. The average Bonchev–Trinajstić information content (AvgIpc) is 2.39. The lowest BCUT2D eigenvalue weighted by Gasteiger charge is -2.37. The number of hydrogen-bond acceptors (Lipinski definition) is 2. The molecule has 1 heterocycles. The molecular formula is C15H24N2. The van der Waals surface area contributed by atoms with Crippen LogP contribution in [0.3, 0.4) is 0 Å². The van der Waals surface area contributed by atoms with E-state index in [0.717, 1.165) is 13.1 Å². The molecule has 17 heavy (non-hydrogen) atoms. The molecule has 0 atom stereocenters. The van der Waals surface area contributed by atoms with Gasteiger partial charge in [-0.15, -0.1) is 0 Å². The lowest BCUT2D eigenvalue weighted by molar-refractivity contribution is 0.298. The fourth-order valence-corrected chi connectivity index (χ4v) is 2.86. The summed E-state index contributed by atoms with van der Waals surface area (Å²) >= 11 is 0. The van der Waals surface area contributed by atoms with Gasteiger partial charge in [-0.3, -0.25) is 0 Å². The summed E-state index contributed by atoms with van der Waals surface area (Å²) in [7, 11) is 4.18. The Morgan fingerprint density at radius 1 is 1.12 bits per heavy atom. The van der Waals surface area contributed by atoms with Crippen LogP contribution in [0.15, 0.2) is 24.3 Å². The summed E-state index contributed by atoms with van der Waals surface area (Å²) in [5.74, 6) is 0. The van der Waals surface area contributed by atoms with Crippen LogP contribution in [-0.2, 0) is 5.41 Å². The normalized spacial score (nSPS) is 19.0. The Morgan fingerprint density at radius 3 is 2.18 bits per heavy atom. The first-order chi connectivity index (χ1) is 8.18. The zero-order chi connectivity index (χ0) is 12.3. The van der Waals surface area contributed by atoms with Gasteiger partial charge in [-0.25, -0.2) is 0 Å². The third-order valence-corrected chi connectivity index (χ3v) is 4.23. The van der Waals surface area contributed by atoms with E-state index < -0.39 is 0 Å². The van der Waals surface area contributed by atoms with E-state index in [1.807, 2.05) is 0 Å². The van der Waals surface area contributed by atoms with Gasteiger partial charge in [0.25, 0.3) is 0 Å². The molecule has 0 aliphatic carbocycles. The molecule has 0 unspecified atom stereocenters. The Labute approximate surface area is 105 Å². The van der Waals surface area contributed by atoms with Crippen LogP contribution >= 0.6 is 0 Å². The van der Waals surface area contributed by atoms with Crippen LogP contribution < -0.4 is 10.2 Å². The van der Waals surface area contributed by atoms with Crippen LogP contribution in [0.1, 0.15) is 31.7 Å². The first-order valence-electron chi connectivity index (χ1n) is 6.66. The fourth-order valence-electron chi connectivity index (χ4n) is 2.86. The molecule has 0 aromatic heterocycles. The van der Waals surface area contributed by atoms with Crippen molar-refractivity contribution in [2.24, 2.45) is 0 Å². The summed E-state index contributed by atoms with van der Waals surface area (Å²) in [5, 5.41) is 3.46. The van der Waals surface area contributed by atoms with E-state index in [-0.39, 0.29) is 0 Å². The Morgan fingerprint density at radius 2 is 1.71 bits per heavy atom. The summed E-state index contributed by atoms with van der Waals surface area (Å²) < 4.78 is 0. The summed E-state index contributed by atoms with van der Waals surface area (Å²) in [6, 6.07) is 9.14. The Kier molecular flexibility index (Phi) is 3.72. The maximum absolute atomic E-state index is 3.46. The second-order valence-electron chi connectivity index (χ2n) is 5.33. The smallest absolute Gasteiger partial charge is 0.0361 e. The third-order valence-electron chi connectivity index (χ3n) is 4.23. The number of piperidine rings is 1. The molecule has 0 radical (unpaired) electrons. The molecule has 1 aromatic rings. The summed E-state index contributed by atoms with van der Waals surface area (Å²) in [6.07, 6.45) is 3.78. The van der Waals surface area contributed by atoms with Gasteiger partial charge in [0.05, 0.1) is 0 Å². The van der Waals surface area contributed by atoms with Crippen LogP contribution in [-0.4, -0.2) is 27.2 Å². The molecule has 1 aromatic carbocycles. The van der Waals surface area contributed by atoms with Gasteiger partial charge >= 0.3 is 0 Å². The third kappa shape index (κ3) is 2.47. The van der Waals surface area contributed by atoms with Crippen LogP contribution in [0.4, 0.5) is 5.69 Å².